The van der Waals surface area contributed by atoms with Gasteiger partial charge < -0.3 is 9.88 Å². The molecule has 0 aromatic carbocycles. The molecule has 2 heterocycles. The van der Waals surface area contributed by atoms with Gasteiger partial charge in [0.05, 0.1) is 6.54 Å². The van der Waals surface area contributed by atoms with Crippen LogP contribution >= 0.6 is 0 Å². The zero-order chi connectivity index (χ0) is 10.7. The summed E-state index contributed by atoms with van der Waals surface area (Å²) in [7, 11) is 1.92. The minimum atomic E-state index is 0.632. The maximum Gasteiger partial charge on any atom is 0.151 e. The maximum absolute atomic E-state index is 4.20. The molecule has 5 nitrogen and oxygen atoms in total. The molecule has 0 unspecified atom stereocenters. The summed E-state index contributed by atoms with van der Waals surface area (Å²) in [5, 5.41) is 11.0. The van der Waals surface area contributed by atoms with E-state index in [2.05, 4.69) is 20.5 Å². The molecule has 0 bridgehead atoms. The highest BCUT2D eigenvalue weighted by Crippen LogP contribution is 2.06. The van der Waals surface area contributed by atoms with Gasteiger partial charge in [-0.05, 0) is 24.6 Å². The normalized spacial score (nSPS) is 10.3. The highest BCUT2D eigenvalue weighted by molar-refractivity contribution is 5.36. The number of nitrogens with one attached hydrogen (secondary N) is 1. The largest absolute Gasteiger partial charge is 0.363 e. The molecule has 0 saturated carbocycles. The fourth-order valence-corrected chi connectivity index (χ4v) is 1.27. The Kier molecular flexibility index (Phi) is 2.62. The Morgan fingerprint density at radius 1 is 1.47 bits per heavy atom. The van der Waals surface area contributed by atoms with Crippen LogP contribution in [0.2, 0.25) is 0 Å². The fourth-order valence-electron chi connectivity index (χ4n) is 1.27. The quantitative estimate of drug-likeness (QED) is 0.812. The lowest BCUT2D eigenvalue weighted by molar-refractivity contribution is 0.810. The van der Waals surface area contributed by atoms with E-state index in [1.165, 1.54) is 5.56 Å². The lowest BCUT2D eigenvalue weighted by Gasteiger charge is -2.04. The summed E-state index contributed by atoms with van der Waals surface area (Å²) in [5.74, 6) is 1.75. The Labute approximate surface area is 88.2 Å². The summed E-state index contributed by atoms with van der Waals surface area (Å²) in [6, 6.07) is 3.96. The standard InChI is InChI=1S/C10H13N5/c1-8-3-4-11-9(5-8)12-6-10-14-13-7-15(10)2/h3-5,7H,6H2,1-2H3,(H,11,12). The zero-order valence-electron chi connectivity index (χ0n) is 8.81. The topological polar surface area (TPSA) is 55.6 Å². The molecule has 0 aliphatic carbocycles. The van der Waals surface area contributed by atoms with E-state index in [0.29, 0.717) is 6.54 Å². The van der Waals surface area contributed by atoms with Gasteiger partial charge in [-0.3, -0.25) is 0 Å². The van der Waals surface area contributed by atoms with Crippen LogP contribution in [0, 0.1) is 6.92 Å². The van der Waals surface area contributed by atoms with Crippen LogP contribution in [-0.4, -0.2) is 19.7 Å². The van der Waals surface area contributed by atoms with Crippen molar-refractivity contribution < 1.29 is 0 Å². The highest BCUT2D eigenvalue weighted by Gasteiger charge is 2.00. The van der Waals surface area contributed by atoms with E-state index >= 15 is 0 Å². The van der Waals surface area contributed by atoms with Gasteiger partial charge in [-0.2, -0.15) is 0 Å². The number of pyridine rings is 1. The van der Waals surface area contributed by atoms with Crippen molar-refractivity contribution in [3.8, 4) is 0 Å². The van der Waals surface area contributed by atoms with Crippen molar-refractivity contribution in [2.45, 2.75) is 13.5 Å². The lowest BCUT2D eigenvalue weighted by Crippen LogP contribution is -2.06. The molecule has 15 heavy (non-hydrogen) atoms. The molecule has 2 aromatic rings. The van der Waals surface area contributed by atoms with Crippen molar-refractivity contribution >= 4 is 5.82 Å². The molecule has 0 aliphatic rings. The van der Waals surface area contributed by atoms with Gasteiger partial charge >= 0.3 is 0 Å². The molecule has 1 N–H and O–H groups in total. The molecule has 0 aliphatic heterocycles. The van der Waals surface area contributed by atoms with Crippen molar-refractivity contribution in [3.63, 3.8) is 0 Å². The summed E-state index contributed by atoms with van der Waals surface area (Å²) < 4.78 is 1.88. The number of aryl methyl sites for hydroxylation is 2. The van der Waals surface area contributed by atoms with Gasteiger partial charge in [-0.15, -0.1) is 10.2 Å². The second-order valence-corrected chi connectivity index (χ2v) is 3.43. The summed E-state index contributed by atoms with van der Waals surface area (Å²) in [6.45, 7) is 2.67. The average Bonchev–Trinajstić information content (AvgIpc) is 2.61. The second kappa shape index (κ2) is 4.08. The van der Waals surface area contributed by atoms with Gasteiger partial charge in [0.2, 0.25) is 0 Å². The van der Waals surface area contributed by atoms with Gasteiger partial charge in [0.1, 0.15) is 12.1 Å². The van der Waals surface area contributed by atoms with Crippen molar-refractivity contribution in [1.82, 2.24) is 19.7 Å². The molecule has 0 fully saturated rings. The predicted octanol–water partition coefficient (Wildman–Crippen LogP) is 1.13. The number of anilines is 1. The minimum absolute atomic E-state index is 0.632. The maximum atomic E-state index is 4.20. The number of hydrogen-bond acceptors (Lipinski definition) is 4. The van der Waals surface area contributed by atoms with E-state index in [-0.39, 0.29) is 0 Å². The molecular weight excluding hydrogens is 190 g/mol. The monoisotopic (exact) mass is 203 g/mol. The average molecular weight is 203 g/mol. The molecule has 0 radical (unpaired) electrons. The molecule has 0 atom stereocenters. The van der Waals surface area contributed by atoms with E-state index in [4.69, 9.17) is 0 Å². The third kappa shape index (κ3) is 2.31. The van der Waals surface area contributed by atoms with Gasteiger partial charge in [0, 0.05) is 13.2 Å². The Hall–Kier alpha value is -1.91. The van der Waals surface area contributed by atoms with Gasteiger partial charge in [0.25, 0.3) is 0 Å². The molecule has 0 saturated heterocycles. The SMILES string of the molecule is Cc1ccnc(NCc2nncn2C)c1. The first-order chi connectivity index (χ1) is 7.25. The third-order valence-electron chi connectivity index (χ3n) is 2.15. The number of aromatic nitrogens is 4. The van der Waals surface area contributed by atoms with Crippen molar-refractivity contribution in [3.05, 3.63) is 36.0 Å². The molecule has 2 rings (SSSR count). The number of nitrogens with zero attached hydrogens (tertiary/aromatic N) is 4. The molecule has 0 amide bonds. The van der Waals surface area contributed by atoms with Crippen LogP contribution in [-0.2, 0) is 13.6 Å². The second-order valence-electron chi connectivity index (χ2n) is 3.43. The molecule has 0 spiro atoms. The first kappa shape index (κ1) is 9.64. The van der Waals surface area contributed by atoms with Crippen LogP contribution in [0.15, 0.2) is 24.7 Å². The first-order valence-electron chi connectivity index (χ1n) is 4.75. The van der Waals surface area contributed by atoms with E-state index < -0.39 is 0 Å². The fraction of sp³-hybridized carbons (Fsp3) is 0.300. The van der Waals surface area contributed by atoms with Crippen LogP contribution in [0.3, 0.4) is 0 Å². The van der Waals surface area contributed by atoms with Gasteiger partial charge in [-0.1, -0.05) is 0 Å². The first-order valence-corrected chi connectivity index (χ1v) is 4.75. The van der Waals surface area contributed by atoms with Gasteiger partial charge in [0.15, 0.2) is 5.82 Å². The smallest absolute Gasteiger partial charge is 0.151 e. The molecule has 78 valence electrons. The Morgan fingerprint density at radius 3 is 3.00 bits per heavy atom. The Morgan fingerprint density at radius 2 is 2.33 bits per heavy atom. The van der Waals surface area contributed by atoms with Crippen molar-refractivity contribution in [2.75, 3.05) is 5.32 Å². The minimum Gasteiger partial charge on any atom is -0.363 e. The number of rotatable bonds is 3. The summed E-state index contributed by atoms with van der Waals surface area (Å²) in [5.41, 5.74) is 1.19. The van der Waals surface area contributed by atoms with Crippen LogP contribution < -0.4 is 5.32 Å². The summed E-state index contributed by atoms with van der Waals surface area (Å²) in [4.78, 5) is 4.20. The van der Waals surface area contributed by atoms with Crippen molar-refractivity contribution in [2.24, 2.45) is 7.05 Å². The molecule has 5 heteroatoms. The van der Waals surface area contributed by atoms with E-state index in [1.54, 1.807) is 12.5 Å². The third-order valence-corrected chi connectivity index (χ3v) is 2.15. The summed E-state index contributed by atoms with van der Waals surface area (Å²) in [6.07, 6.45) is 3.47. The number of hydrogen-bond donors (Lipinski definition) is 1. The zero-order valence-corrected chi connectivity index (χ0v) is 8.81. The Bertz CT molecular complexity index is 449. The van der Waals surface area contributed by atoms with E-state index in [1.807, 2.05) is 30.7 Å². The van der Waals surface area contributed by atoms with E-state index in [9.17, 15) is 0 Å². The predicted molar refractivity (Wildman–Crippen MR) is 57.3 cm³/mol. The van der Waals surface area contributed by atoms with Crippen LogP contribution in [0.4, 0.5) is 5.82 Å². The van der Waals surface area contributed by atoms with Crippen LogP contribution in [0.25, 0.3) is 0 Å². The summed E-state index contributed by atoms with van der Waals surface area (Å²) >= 11 is 0. The highest BCUT2D eigenvalue weighted by atomic mass is 15.3. The molecular formula is C10H13N5. The molecule has 2 aromatic heterocycles. The van der Waals surface area contributed by atoms with Crippen molar-refractivity contribution in [1.29, 1.82) is 0 Å². The van der Waals surface area contributed by atoms with Crippen LogP contribution in [0.1, 0.15) is 11.4 Å². The lowest BCUT2D eigenvalue weighted by atomic mass is 10.3. The van der Waals surface area contributed by atoms with Crippen LogP contribution in [0.5, 0.6) is 0 Å². The van der Waals surface area contributed by atoms with Gasteiger partial charge in [-0.25, -0.2) is 4.98 Å². The van der Waals surface area contributed by atoms with E-state index in [0.717, 1.165) is 11.6 Å². The Balaban J connectivity index is 2.02.